The van der Waals surface area contributed by atoms with Crippen molar-refractivity contribution in [2.75, 3.05) is 31.1 Å². The van der Waals surface area contributed by atoms with E-state index in [1.807, 2.05) is 0 Å². The van der Waals surface area contributed by atoms with Gasteiger partial charge in [-0.1, -0.05) is 13.8 Å². The minimum Gasteiger partial charge on any atom is -0.355 e. The van der Waals surface area contributed by atoms with Gasteiger partial charge in [-0.3, -0.25) is 4.79 Å². The molecule has 0 bridgehead atoms. The van der Waals surface area contributed by atoms with Crippen LogP contribution in [0.5, 0.6) is 0 Å². The molecule has 1 rings (SSSR count). The summed E-state index contributed by atoms with van der Waals surface area (Å²) < 4.78 is 0. The lowest BCUT2D eigenvalue weighted by atomic mass is 10.00. The summed E-state index contributed by atoms with van der Waals surface area (Å²) in [7, 11) is 0. The zero-order chi connectivity index (χ0) is 12.5. The Bertz CT molecular complexity index is 215. The molecule has 0 aliphatic carbocycles. The van der Waals surface area contributed by atoms with Gasteiger partial charge < -0.3 is 10.6 Å². The molecule has 3 nitrogen and oxygen atoms in total. The normalized spacial score (nSPS) is 20.5. The molecule has 0 aromatic heterocycles. The fourth-order valence-electron chi connectivity index (χ4n) is 1.89. The highest BCUT2D eigenvalue weighted by Gasteiger charge is 2.13. The van der Waals surface area contributed by atoms with Gasteiger partial charge in [0.15, 0.2) is 0 Å². The highest BCUT2D eigenvalue weighted by molar-refractivity contribution is 7.99. The number of piperidine rings is 1. The first-order chi connectivity index (χ1) is 8.18. The molecule has 1 aliphatic rings. The molecule has 2 N–H and O–H groups in total. The highest BCUT2D eigenvalue weighted by Crippen LogP contribution is 2.10. The Balaban J connectivity index is 1.96. The van der Waals surface area contributed by atoms with E-state index in [1.165, 1.54) is 19.3 Å². The van der Waals surface area contributed by atoms with Gasteiger partial charge in [0.2, 0.25) is 5.91 Å². The largest absolute Gasteiger partial charge is 0.355 e. The first-order valence-corrected chi connectivity index (χ1v) is 7.89. The van der Waals surface area contributed by atoms with Crippen molar-refractivity contribution < 1.29 is 4.79 Å². The van der Waals surface area contributed by atoms with Crippen molar-refractivity contribution in [1.29, 1.82) is 0 Å². The van der Waals surface area contributed by atoms with Crippen LogP contribution in [-0.2, 0) is 4.79 Å². The van der Waals surface area contributed by atoms with Crippen molar-refractivity contribution in [3.63, 3.8) is 0 Å². The SMILES string of the molecule is CC(C)CCSCC(=O)NCC1CCCNC1. The van der Waals surface area contributed by atoms with Gasteiger partial charge in [0.1, 0.15) is 0 Å². The van der Waals surface area contributed by atoms with Crippen LogP contribution in [-0.4, -0.2) is 37.0 Å². The highest BCUT2D eigenvalue weighted by atomic mass is 32.2. The van der Waals surface area contributed by atoms with Crippen molar-refractivity contribution in [3.05, 3.63) is 0 Å². The Labute approximate surface area is 109 Å². The predicted molar refractivity (Wildman–Crippen MR) is 75.4 cm³/mol. The standard InChI is InChI=1S/C13H26N2OS/c1-11(2)5-7-17-10-13(16)15-9-12-4-3-6-14-8-12/h11-12,14H,3-10H2,1-2H3,(H,15,16). The van der Waals surface area contributed by atoms with E-state index in [0.717, 1.165) is 31.3 Å². The molecule has 4 heteroatoms. The summed E-state index contributed by atoms with van der Waals surface area (Å²) in [5, 5.41) is 6.41. The van der Waals surface area contributed by atoms with Gasteiger partial charge in [-0.15, -0.1) is 0 Å². The van der Waals surface area contributed by atoms with E-state index in [4.69, 9.17) is 0 Å². The van der Waals surface area contributed by atoms with Gasteiger partial charge in [0, 0.05) is 6.54 Å². The lowest BCUT2D eigenvalue weighted by molar-refractivity contribution is -0.118. The number of carbonyl (C=O) groups is 1. The molecular formula is C13H26N2OS. The monoisotopic (exact) mass is 258 g/mol. The topological polar surface area (TPSA) is 41.1 Å². The van der Waals surface area contributed by atoms with E-state index in [1.54, 1.807) is 11.8 Å². The number of carbonyl (C=O) groups excluding carboxylic acids is 1. The van der Waals surface area contributed by atoms with E-state index >= 15 is 0 Å². The fraction of sp³-hybridized carbons (Fsp3) is 0.923. The molecule has 0 aromatic carbocycles. The van der Waals surface area contributed by atoms with Gasteiger partial charge in [-0.25, -0.2) is 0 Å². The van der Waals surface area contributed by atoms with Gasteiger partial charge in [0.25, 0.3) is 0 Å². The van der Waals surface area contributed by atoms with Crippen LogP contribution in [0.25, 0.3) is 0 Å². The zero-order valence-corrected chi connectivity index (χ0v) is 11.9. The lowest BCUT2D eigenvalue weighted by Crippen LogP contribution is -2.38. The molecule has 1 saturated heterocycles. The fourth-order valence-corrected chi connectivity index (χ4v) is 2.96. The van der Waals surface area contributed by atoms with Crippen LogP contribution in [0.15, 0.2) is 0 Å². The van der Waals surface area contributed by atoms with Crippen LogP contribution in [0.2, 0.25) is 0 Å². The van der Waals surface area contributed by atoms with Crippen LogP contribution < -0.4 is 10.6 Å². The summed E-state index contributed by atoms with van der Waals surface area (Å²) in [4.78, 5) is 11.6. The molecule has 0 aromatic rings. The van der Waals surface area contributed by atoms with Crippen LogP contribution in [0, 0.1) is 11.8 Å². The minimum atomic E-state index is 0.198. The van der Waals surface area contributed by atoms with Crippen molar-refractivity contribution in [3.8, 4) is 0 Å². The third-order valence-corrected chi connectivity index (χ3v) is 4.05. The van der Waals surface area contributed by atoms with Crippen molar-refractivity contribution >= 4 is 17.7 Å². The molecule has 1 fully saturated rings. The molecular weight excluding hydrogens is 232 g/mol. The summed E-state index contributed by atoms with van der Waals surface area (Å²) in [6.45, 7) is 7.47. The molecule has 100 valence electrons. The molecule has 1 amide bonds. The second-order valence-electron chi connectivity index (χ2n) is 5.25. The maximum atomic E-state index is 11.6. The average Bonchev–Trinajstić information content (AvgIpc) is 2.33. The number of amides is 1. The van der Waals surface area contributed by atoms with Crippen molar-refractivity contribution in [2.24, 2.45) is 11.8 Å². The van der Waals surface area contributed by atoms with Gasteiger partial charge in [-0.2, -0.15) is 11.8 Å². The number of hydrogen-bond acceptors (Lipinski definition) is 3. The molecule has 0 radical (unpaired) electrons. The van der Waals surface area contributed by atoms with E-state index in [-0.39, 0.29) is 5.91 Å². The molecule has 0 saturated carbocycles. The molecule has 1 unspecified atom stereocenters. The van der Waals surface area contributed by atoms with Gasteiger partial charge in [0.05, 0.1) is 5.75 Å². The van der Waals surface area contributed by atoms with Crippen LogP contribution >= 0.6 is 11.8 Å². The van der Waals surface area contributed by atoms with E-state index in [9.17, 15) is 4.79 Å². The number of nitrogens with one attached hydrogen (secondary N) is 2. The van der Waals surface area contributed by atoms with E-state index in [2.05, 4.69) is 24.5 Å². The molecule has 1 atom stereocenters. The zero-order valence-electron chi connectivity index (χ0n) is 11.1. The van der Waals surface area contributed by atoms with E-state index in [0.29, 0.717) is 11.7 Å². The molecule has 17 heavy (non-hydrogen) atoms. The maximum absolute atomic E-state index is 11.6. The maximum Gasteiger partial charge on any atom is 0.230 e. The average molecular weight is 258 g/mol. The quantitative estimate of drug-likeness (QED) is 0.685. The van der Waals surface area contributed by atoms with E-state index < -0.39 is 0 Å². The Kier molecular flexibility index (Phi) is 7.69. The van der Waals surface area contributed by atoms with Crippen molar-refractivity contribution in [1.82, 2.24) is 10.6 Å². The minimum absolute atomic E-state index is 0.198. The Morgan fingerprint density at radius 1 is 1.53 bits per heavy atom. The number of thioether (sulfide) groups is 1. The summed E-state index contributed by atoms with van der Waals surface area (Å²) in [5.74, 6) is 3.28. The summed E-state index contributed by atoms with van der Waals surface area (Å²) >= 11 is 1.75. The Morgan fingerprint density at radius 3 is 3.00 bits per heavy atom. The Morgan fingerprint density at radius 2 is 2.35 bits per heavy atom. The third-order valence-electron chi connectivity index (χ3n) is 3.06. The van der Waals surface area contributed by atoms with Gasteiger partial charge >= 0.3 is 0 Å². The number of rotatable bonds is 7. The third kappa shape index (κ3) is 7.66. The lowest BCUT2D eigenvalue weighted by Gasteiger charge is -2.22. The summed E-state index contributed by atoms with van der Waals surface area (Å²) in [6.07, 6.45) is 3.68. The predicted octanol–water partition coefficient (Wildman–Crippen LogP) is 1.88. The second-order valence-corrected chi connectivity index (χ2v) is 6.36. The smallest absolute Gasteiger partial charge is 0.230 e. The van der Waals surface area contributed by atoms with Crippen LogP contribution in [0.4, 0.5) is 0 Å². The first kappa shape index (κ1) is 14.8. The number of hydrogen-bond donors (Lipinski definition) is 2. The van der Waals surface area contributed by atoms with Gasteiger partial charge in [-0.05, 0) is 49.9 Å². The van der Waals surface area contributed by atoms with Crippen LogP contribution in [0.1, 0.15) is 33.1 Å². The molecule has 1 heterocycles. The summed E-state index contributed by atoms with van der Waals surface area (Å²) in [5.41, 5.74) is 0. The molecule has 0 spiro atoms. The van der Waals surface area contributed by atoms with Crippen molar-refractivity contribution in [2.45, 2.75) is 33.1 Å². The summed E-state index contributed by atoms with van der Waals surface area (Å²) in [6, 6.07) is 0. The second kappa shape index (κ2) is 8.81. The Hall–Kier alpha value is -0.220. The molecule has 1 aliphatic heterocycles. The van der Waals surface area contributed by atoms with Crippen LogP contribution in [0.3, 0.4) is 0 Å². The first-order valence-electron chi connectivity index (χ1n) is 6.73.